The zero-order valence-corrected chi connectivity index (χ0v) is 20.1. The fourth-order valence-electron chi connectivity index (χ4n) is 3.79. The van der Waals surface area contributed by atoms with Crippen molar-refractivity contribution in [1.29, 1.82) is 0 Å². The Labute approximate surface area is 188 Å². The first-order valence-corrected chi connectivity index (χ1v) is 11.2. The molecule has 3 rings (SSSR count). The van der Waals surface area contributed by atoms with Crippen LogP contribution in [0.2, 0.25) is 0 Å². The van der Waals surface area contributed by atoms with Gasteiger partial charge < -0.3 is 9.47 Å². The molecule has 0 unspecified atom stereocenters. The largest absolute Gasteiger partial charge is 0.345 e. The van der Waals surface area contributed by atoms with Gasteiger partial charge in [0.1, 0.15) is 5.82 Å². The molecule has 0 radical (unpaired) electrons. The van der Waals surface area contributed by atoms with E-state index in [1.54, 1.807) is 0 Å². The van der Waals surface area contributed by atoms with Crippen molar-refractivity contribution in [3.8, 4) is 11.4 Å². The topological polar surface area (TPSA) is 21.1 Å². The lowest BCUT2D eigenvalue weighted by molar-refractivity contribution is 0.483. The summed E-state index contributed by atoms with van der Waals surface area (Å²) in [5, 5.41) is 0. The standard InChI is InChI=1S/C26H31N3.C2H6/c1-7-17-28(19(2)3)22(6)25-21(5)27-26(24-16-12-11-13-20(24)4)29(25)18-23-14-9-8-10-15-23;1-2/h8-16H,2,6-7,17-18H2,1,3-5H3;1-2H3. The molecule has 0 aliphatic carbocycles. The van der Waals surface area contributed by atoms with E-state index >= 15 is 0 Å². The molecule has 2 aromatic carbocycles. The van der Waals surface area contributed by atoms with Crippen LogP contribution in [0.5, 0.6) is 0 Å². The zero-order valence-electron chi connectivity index (χ0n) is 20.1. The molecule has 0 saturated heterocycles. The molecule has 0 bridgehead atoms. The molecule has 1 aromatic heterocycles. The number of rotatable bonds is 8. The Morgan fingerprint density at radius 2 is 1.58 bits per heavy atom. The second-order valence-electron chi connectivity index (χ2n) is 7.59. The van der Waals surface area contributed by atoms with Gasteiger partial charge in [-0.25, -0.2) is 4.98 Å². The predicted octanol–water partition coefficient (Wildman–Crippen LogP) is 7.46. The van der Waals surface area contributed by atoms with E-state index in [0.29, 0.717) is 0 Å². The van der Waals surface area contributed by atoms with Gasteiger partial charge in [0.05, 0.1) is 17.1 Å². The Balaban J connectivity index is 0.00000166. The molecule has 0 atom stereocenters. The van der Waals surface area contributed by atoms with Gasteiger partial charge in [0.2, 0.25) is 0 Å². The van der Waals surface area contributed by atoms with Crippen LogP contribution in [-0.2, 0) is 6.54 Å². The molecule has 3 heteroatoms. The Morgan fingerprint density at radius 1 is 0.968 bits per heavy atom. The average Bonchev–Trinajstić information content (AvgIpc) is 3.09. The van der Waals surface area contributed by atoms with Gasteiger partial charge in [0.25, 0.3) is 0 Å². The Morgan fingerprint density at radius 3 is 2.16 bits per heavy atom. The quantitative estimate of drug-likeness (QED) is 0.381. The summed E-state index contributed by atoms with van der Waals surface area (Å²) in [5.74, 6) is 0.985. The van der Waals surface area contributed by atoms with Crippen molar-refractivity contribution < 1.29 is 0 Å². The number of allylic oxidation sites excluding steroid dienone is 1. The summed E-state index contributed by atoms with van der Waals surface area (Å²) in [4.78, 5) is 7.21. The molecular weight excluding hydrogens is 378 g/mol. The first-order valence-electron chi connectivity index (χ1n) is 11.2. The monoisotopic (exact) mass is 415 g/mol. The molecule has 0 N–H and O–H groups in total. The van der Waals surface area contributed by atoms with E-state index in [1.165, 1.54) is 11.1 Å². The smallest absolute Gasteiger partial charge is 0.141 e. The van der Waals surface area contributed by atoms with Gasteiger partial charge >= 0.3 is 0 Å². The minimum absolute atomic E-state index is 0.746. The van der Waals surface area contributed by atoms with Gasteiger partial charge in [-0.2, -0.15) is 0 Å². The van der Waals surface area contributed by atoms with Crippen molar-refractivity contribution in [3.05, 3.63) is 96.0 Å². The van der Waals surface area contributed by atoms with E-state index < -0.39 is 0 Å². The summed E-state index contributed by atoms with van der Waals surface area (Å²) in [6.45, 7) is 22.7. The van der Waals surface area contributed by atoms with Crippen molar-refractivity contribution in [2.24, 2.45) is 0 Å². The third-order valence-corrected chi connectivity index (χ3v) is 5.22. The summed E-state index contributed by atoms with van der Waals surface area (Å²) in [7, 11) is 0. The van der Waals surface area contributed by atoms with E-state index in [9.17, 15) is 0 Å². The molecule has 3 nitrogen and oxygen atoms in total. The van der Waals surface area contributed by atoms with Crippen molar-refractivity contribution in [3.63, 3.8) is 0 Å². The molecule has 164 valence electrons. The summed E-state index contributed by atoms with van der Waals surface area (Å²) in [6, 6.07) is 19.0. The van der Waals surface area contributed by atoms with Crippen molar-refractivity contribution in [2.45, 2.75) is 54.5 Å². The number of benzene rings is 2. The molecular formula is C28H37N3. The average molecular weight is 416 g/mol. The van der Waals surface area contributed by atoms with Crippen molar-refractivity contribution >= 4 is 5.70 Å². The molecule has 0 saturated carbocycles. The summed E-state index contributed by atoms with van der Waals surface area (Å²) >= 11 is 0. The number of aromatic nitrogens is 2. The van der Waals surface area contributed by atoms with Gasteiger partial charge in [-0.15, -0.1) is 0 Å². The zero-order chi connectivity index (χ0) is 23.0. The third kappa shape index (κ3) is 5.55. The van der Waals surface area contributed by atoms with Gasteiger partial charge in [0, 0.05) is 24.4 Å². The van der Waals surface area contributed by atoms with Crippen LogP contribution in [0.1, 0.15) is 56.6 Å². The highest BCUT2D eigenvalue weighted by molar-refractivity contribution is 5.69. The second kappa shape index (κ2) is 11.4. The van der Waals surface area contributed by atoms with Gasteiger partial charge in [-0.3, -0.25) is 0 Å². The Kier molecular flexibility index (Phi) is 8.87. The molecule has 0 fully saturated rings. The SMILES string of the molecule is C=C(C)N(CCC)C(=C)c1c(C)nc(-c2ccccc2C)n1Cc1ccccc1.CC. The third-order valence-electron chi connectivity index (χ3n) is 5.22. The Hall–Kier alpha value is -3.07. The maximum absolute atomic E-state index is 5.01. The molecule has 3 aromatic rings. The van der Waals surface area contributed by atoms with Gasteiger partial charge in [0.15, 0.2) is 0 Å². The molecule has 1 heterocycles. The highest BCUT2D eigenvalue weighted by Crippen LogP contribution is 2.31. The summed E-state index contributed by atoms with van der Waals surface area (Å²) < 4.78 is 2.31. The minimum atomic E-state index is 0.746. The number of hydrogen-bond acceptors (Lipinski definition) is 2. The van der Waals surface area contributed by atoms with E-state index in [1.807, 2.05) is 20.8 Å². The van der Waals surface area contributed by atoms with Crippen LogP contribution in [0.15, 0.2) is 73.5 Å². The molecule has 0 aliphatic heterocycles. The van der Waals surface area contributed by atoms with E-state index in [4.69, 9.17) is 4.98 Å². The number of aryl methyl sites for hydroxylation is 2. The first-order chi connectivity index (χ1) is 14.9. The minimum Gasteiger partial charge on any atom is -0.345 e. The molecule has 0 spiro atoms. The van der Waals surface area contributed by atoms with E-state index in [-0.39, 0.29) is 0 Å². The van der Waals surface area contributed by atoms with Crippen molar-refractivity contribution in [1.82, 2.24) is 14.5 Å². The highest BCUT2D eigenvalue weighted by atomic mass is 15.2. The molecule has 0 aliphatic rings. The van der Waals surface area contributed by atoms with Gasteiger partial charge in [-0.1, -0.05) is 88.5 Å². The fourth-order valence-corrected chi connectivity index (χ4v) is 3.79. The first kappa shape index (κ1) is 24.2. The highest BCUT2D eigenvalue weighted by Gasteiger charge is 2.22. The maximum atomic E-state index is 5.01. The summed E-state index contributed by atoms with van der Waals surface area (Å²) in [5.41, 5.74) is 7.64. The van der Waals surface area contributed by atoms with Crippen molar-refractivity contribution in [2.75, 3.05) is 6.54 Å². The van der Waals surface area contributed by atoms with E-state index in [2.05, 4.69) is 98.0 Å². The second-order valence-corrected chi connectivity index (χ2v) is 7.59. The van der Waals surface area contributed by atoms with Gasteiger partial charge in [-0.05, 0) is 38.3 Å². The Bertz CT molecular complexity index is 1010. The van der Waals surface area contributed by atoms with Crippen LogP contribution in [0.4, 0.5) is 0 Å². The fraction of sp³-hybridized carbons (Fsp3) is 0.321. The maximum Gasteiger partial charge on any atom is 0.141 e. The van der Waals surface area contributed by atoms with E-state index in [0.717, 1.165) is 53.7 Å². The molecule has 0 amide bonds. The van der Waals surface area contributed by atoms with Crippen LogP contribution in [0, 0.1) is 13.8 Å². The number of hydrogen-bond donors (Lipinski definition) is 0. The lowest BCUT2D eigenvalue weighted by Gasteiger charge is -2.28. The number of nitrogens with zero attached hydrogens (tertiary/aromatic N) is 3. The normalized spacial score (nSPS) is 10.3. The predicted molar refractivity (Wildman–Crippen MR) is 135 cm³/mol. The van der Waals surface area contributed by atoms with Crippen LogP contribution in [0.25, 0.3) is 17.1 Å². The van der Waals surface area contributed by atoms with Crippen LogP contribution < -0.4 is 0 Å². The van der Waals surface area contributed by atoms with Crippen LogP contribution in [0.3, 0.4) is 0 Å². The lowest BCUT2D eigenvalue weighted by atomic mass is 10.1. The lowest BCUT2D eigenvalue weighted by Crippen LogP contribution is -2.22. The van der Waals surface area contributed by atoms with Crippen LogP contribution >= 0.6 is 0 Å². The number of imidazole rings is 1. The van der Waals surface area contributed by atoms with Crippen LogP contribution in [-0.4, -0.2) is 21.0 Å². The summed E-state index contributed by atoms with van der Waals surface area (Å²) in [6.07, 6.45) is 1.03. The molecule has 31 heavy (non-hydrogen) atoms.